The van der Waals surface area contributed by atoms with Gasteiger partial charge in [0.25, 0.3) is 0 Å². The molecule has 2 aliphatic rings. The van der Waals surface area contributed by atoms with Crippen LogP contribution in [-0.4, -0.2) is 42.6 Å². The summed E-state index contributed by atoms with van der Waals surface area (Å²) >= 11 is 6.20. The van der Waals surface area contributed by atoms with Gasteiger partial charge >= 0.3 is 0 Å². The van der Waals surface area contributed by atoms with E-state index in [1.807, 2.05) is 48.5 Å². The predicted molar refractivity (Wildman–Crippen MR) is 146 cm³/mol. The molecule has 2 atom stereocenters. The number of rotatable bonds is 8. The van der Waals surface area contributed by atoms with Gasteiger partial charge in [0.15, 0.2) is 0 Å². The molecule has 2 unspecified atom stereocenters. The molecule has 188 valence electrons. The molecular weight excluding hydrogens is 468 g/mol. The summed E-state index contributed by atoms with van der Waals surface area (Å²) < 4.78 is 0. The SMILES string of the molecule is CCC(CC)C(=O)NC1(N2CCNCC2)C=C(C#N)C(C(c2ccccc2)c2ccc(Cl)cc2)=CC1. The fourth-order valence-corrected chi connectivity index (χ4v) is 5.53. The van der Waals surface area contributed by atoms with Crippen LogP contribution >= 0.6 is 11.6 Å². The minimum Gasteiger partial charge on any atom is -0.334 e. The Balaban J connectivity index is 1.77. The first-order valence-corrected chi connectivity index (χ1v) is 13.3. The quantitative estimate of drug-likeness (QED) is 0.506. The van der Waals surface area contributed by atoms with Crippen molar-refractivity contribution in [3.63, 3.8) is 0 Å². The molecule has 1 aliphatic heterocycles. The summed E-state index contributed by atoms with van der Waals surface area (Å²) in [6.07, 6.45) is 6.38. The fraction of sp³-hybridized carbons (Fsp3) is 0.400. The summed E-state index contributed by atoms with van der Waals surface area (Å²) in [6, 6.07) is 20.6. The zero-order valence-electron chi connectivity index (χ0n) is 21.1. The van der Waals surface area contributed by atoms with E-state index in [1.165, 1.54) is 0 Å². The van der Waals surface area contributed by atoms with E-state index >= 15 is 0 Å². The lowest BCUT2D eigenvalue weighted by atomic mass is 9.77. The van der Waals surface area contributed by atoms with E-state index in [1.54, 1.807) is 0 Å². The Hall–Kier alpha value is -2.91. The molecule has 0 bridgehead atoms. The second-order valence-corrected chi connectivity index (χ2v) is 10.0. The van der Waals surface area contributed by atoms with E-state index in [-0.39, 0.29) is 17.7 Å². The minimum atomic E-state index is -0.711. The van der Waals surface area contributed by atoms with E-state index in [0.717, 1.165) is 55.7 Å². The highest BCUT2D eigenvalue weighted by atomic mass is 35.5. The first kappa shape index (κ1) is 26.2. The third kappa shape index (κ3) is 5.57. The maximum atomic E-state index is 13.3. The van der Waals surface area contributed by atoms with Crippen LogP contribution in [-0.2, 0) is 4.79 Å². The van der Waals surface area contributed by atoms with Crippen molar-refractivity contribution < 1.29 is 4.79 Å². The van der Waals surface area contributed by atoms with Crippen LogP contribution in [0.3, 0.4) is 0 Å². The van der Waals surface area contributed by atoms with E-state index < -0.39 is 5.66 Å². The van der Waals surface area contributed by atoms with Crippen LogP contribution in [0.5, 0.6) is 0 Å². The lowest BCUT2D eigenvalue weighted by Gasteiger charge is -2.46. The summed E-state index contributed by atoms with van der Waals surface area (Å²) in [6.45, 7) is 7.43. The van der Waals surface area contributed by atoms with Crippen molar-refractivity contribution in [3.05, 3.63) is 94.0 Å². The normalized spacial score (nSPS) is 21.3. The molecule has 36 heavy (non-hydrogen) atoms. The molecule has 0 radical (unpaired) electrons. The van der Waals surface area contributed by atoms with Crippen molar-refractivity contribution >= 4 is 17.5 Å². The van der Waals surface area contributed by atoms with Crippen LogP contribution in [0.1, 0.15) is 50.2 Å². The lowest BCUT2D eigenvalue weighted by molar-refractivity contribution is -0.129. The number of carbonyl (C=O) groups is 1. The number of benzene rings is 2. The van der Waals surface area contributed by atoms with Gasteiger partial charge in [0.2, 0.25) is 5.91 Å². The highest BCUT2D eigenvalue weighted by molar-refractivity contribution is 6.30. The average molecular weight is 503 g/mol. The summed E-state index contributed by atoms with van der Waals surface area (Å²) in [5, 5.41) is 17.9. The number of hydrogen-bond donors (Lipinski definition) is 2. The number of hydrogen-bond acceptors (Lipinski definition) is 4. The molecule has 1 saturated heterocycles. The molecule has 1 aliphatic carbocycles. The van der Waals surface area contributed by atoms with E-state index in [2.05, 4.69) is 53.7 Å². The Morgan fingerprint density at radius 1 is 1.08 bits per heavy atom. The largest absolute Gasteiger partial charge is 0.334 e. The Kier molecular flexibility index (Phi) is 8.64. The molecule has 5 nitrogen and oxygen atoms in total. The van der Waals surface area contributed by atoms with Crippen molar-refractivity contribution in [2.45, 2.75) is 44.7 Å². The molecule has 0 spiro atoms. The number of nitrogens with zero attached hydrogens (tertiary/aromatic N) is 2. The highest BCUT2D eigenvalue weighted by Crippen LogP contribution is 2.41. The number of piperazine rings is 1. The van der Waals surface area contributed by atoms with Crippen molar-refractivity contribution in [1.29, 1.82) is 5.26 Å². The monoisotopic (exact) mass is 502 g/mol. The maximum Gasteiger partial charge on any atom is 0.224 e. The maximum absolute atomic E-state index is 13.3. The Bertz CT molecular complexity index is 1140. The van der Waals surface area contributed by atoms with Gasteiger partial charge < -0.3 is 10.6 Å². The van der Waals surface area contributed by atoms with Gasteiger partial charge in [-0.05, 0) is 47.8 Å². The molecule has 2 N–H and O–H groups in total. The number of allylic oxidation sites excluding steroid dienone is 2. The van der Waals surface area contributed by atoms with Gasteiger partial charge in [-0.1, -0.05) is 74.0 Å². The first-order valence-electron chi connectivity index (χ1n) is 12.9. The Morgan fingerprint density at radius 3 is 2.33 bits per heavy atom. The van der Waals surface area contributed by atoms with Crippen molar-refractivity contribution in [3.8, 4) is 6.07 Å². The summed E-state index contributed by atoms with van der Waals surface area (Å²) in [5.74, 6) is -0.0911. The number of halogens is 1. The molecule has 0 aromatic heterocycles. The van der Waals surface area contributed by atoms with Gasteiger partial charge in [-0.25, -0.2) is 0 Å². The molecule has 1 amide bonds. The molecule has 1 heterocycles. The van der Waals surface area contributed by atoms with Crippen LogP contribution in [0.4, 0.5) is 0 Å². The second kappa shape index (κ2) is 11.9. The van der Waals surface area contributed by atoms with Gasteiger partial charge in [-0.2, -0.15) is 5.26 Å². The molecule has 1 fully saturated rings. The standard InChI is InChI=1S/C30H35ClN4O/c1-3-22(4-2)29(36)34-30(35-18-16-33-17-19-35)15-14-27(25(20-30)21-32)28(23-8-6-5-7-9-23)24-10-12-26(31)13-11-24/h5-14,20,22,28,33H,3-4,15-19H2,1-2H3,(H,34,36). The van der Waals surface area contributed by atoms with Crippen LogP contribution in [0.25, 0.3) is 0 Å². The number of amides is 1. The molecule has 4 rings (SSSR count). The van der Waals surface area contributed by atoms with Crippen LogP contribution in [0, 0.1) is 17.2 Å². The molecule has 2 aromatic rings. The van der Waals surface area contributed by atoms with E-state index in [4.69, 9.17) is 11.6 Å². The van der Waals surface area contributed by atoms with Gasteiger partial charge in [0.05, 0.1) is 11.6 Å². The van der Waals surface area contributed by atoms with Crippen molar-refractivity contribution in [1.82, 2.24) is 15.5 Å². The number of nitrogens with one attached hydrogen (secondary N) is 2. The Labute approximate surface area is 219 Å². The van der Waals surface area contributed by atoms with Crippen molar-refractivity contribution in [2.75, 3.05) is 26.2 Å². The molecular formula is C30H35ClN4O. The van der Waals surface area contributed by atoms with E-state index in [9.17, 15) is 10.1 Å². The average Bonchev–Trinajstić information content (AvgIpc) is 2.92. The molecule has 6 heteroatoms. The summed E-state index contributed by atoms with van der Waals surface area (Å²) in [4.78, 5) is 15.6. The van der Waals surface area contributed by atoms with E-state index in [0.29, 0.717) is 17.0 Å². The topological polar surface area (TPSA) is 68.2 Å². The molecule has 0 saturated carbocycles. The number of nitriles is 1. The summed E-state index contributed by atoms with van der Waals surface area (Å²) in [5.41, 5.74) is 3.05. The van der Waals surface area contributed by atoms with Crippen molar-refractivity contribution in [2.24, 2.45) is 5.92 Å². The summed E-state index contributed by atoms with van der Waals surface area (Å²) in [7, 11) is 0. The van der Waals surface area contributed by atoms with Gasteiger partial charge in [-0.15, -0.1) is 0 Å². The minimum absolute atomic E-state index is 0.0414. The zero-order chi connectivity index (χ0) is 25.5. The lowest BCUT2D eigenvalue weighted by Crippen LogP contribution is -2.64. The third-order valence-electron chi connectivity index (χ3n) is 7.47. The fourth-order valence-electron chi connectivity index (χ4n) is 5.40. The van der Waals surface area contributed by atoms with Gasteiger partial charge in [-0.3, -0.25) is 9.69 Å². The second-order valence-electron chi connectivity index (χ2n) is 9.59. The predicted octanol–water partition coefficient (Wildman–Crippen LogP) is 5.41. The Morgan fingerprint density at radius 2 is 1.72 bits per heavy atom. The van der Waals surface area contributed by atoms with Crippen LogP contribution < -0.4 is 10.6 Å². The third-order valence-corrected chi connectivity index (χ3v) is 7.72. The van der Waals surface area contributed by atoms with Crippen LogP contribution in [0.2, 0.25) is 5.02 Å². The van der Waals surface area contributed by atoms with Gasteiger partial charge in [0.1, 0.15) is 5.66 Å². The number of carbonyl (C=O) groups excluding carboxylic acids is 1. The highest BCUT2D eigenvalue weighted by Gasteiger charge is 2.41. The molecule has 2 aromatic carbocycles. The van der Waals surface area contributed by atoms with Crippen LogP contribution in [0.15, 0.2) is 77.9 Å². The smallest absolute Gasteiger partial charge is 0.224 e. The zero-order valence-corrected chi connectivity index (χ0v) is 21.9. The first-order chi connectivity index (χ1) is 17.5. The van der Waals surface area contributed by atoms with Gasteiger partial charge in [0, 0.05) is 49.5 Å².